The van der Waals surface area contributed by atoms with Crippen molar-refractivity contribution < 1.29 is 0 Å². The summed E-state index contributed by atoms with van der Waals surface area (Å²) in [5.41, 5.74) is 4.09. The first kappa shape index (κ1) is 8.11. The quantitative estimate of drug-likeness (QED) is 0.623. The van der Waals surface area contributed by atoms with Crippen LogP contribution in [0.2, 0.25) is 0 Å². The molecule has 3 aliphatic rings. The summed E-state index contributed by atoms with van der Waals surface area (Å²) in [6.45, 7) is 0. The maximum absolute atomic E-state index is 4.49. The van der Waals surface area contributed by atoms with Crippen LogP contribution in [-0.2, 0) is 6.42 Å². The Balaban J connectivity index is 2.25. The molecule has 0 amide bonds. The molecule has 2 heterocycles. The van der Waals surface area contributed by atoms with E-state index < -0.39 is 0 Å². The van der Waals surface area contributed by atoms with E-state index in [2.05, 4.69) is 46.4 Å². The summed E-state index contributed by atoms with van der Waals surface area (Å²) in [5, 5.41) is 2.40. The smallest absolute Gasteiger partial charge is 0.0726 e. The lowest BCUT2D eigenvalue weighted by Crippen LogP contribution is -2.29. The van der Waals surface area contributed by atoms with Gasteiger partial charge in [0.15, 0.2) is 0 Å². The van der Waals surface area contributed by atoms with Crippen LogP contribution in [0.3, 0.4) is 0 Å². The fraction of sp³-hybridized carbons (Fsp3) is 0.0714. The van der Waals surface area contributed by atoms with Gasteiger partial charge in [-0.25, -0.2) is 0 Å². The third kappa shape index (κ3) is 0.890. The maximum Gasteiger partial charge on any atom is 0.0726 e. The highest BCUT2D eigenvalue weighted by Crippen LogP contribution is 2.28. The van der Waals surface area contributed by atoms with Crippen molar-refractivity contribution in [2.45, 2.75) is 6.42 Å². The van der Waals surface area contributed by atoms with Crippen LogP contribution in [0.1, 0.15) is 5.56 Å². The Morgan fingerprint density at radius 2 is 2.19 bits per heavy atom. The monoisotopic (exact) mass is 206 g/mol. The van der Waals surface area contributed by atoms with Crippen molar-refractivity contribution in [2.24, 2.45) is 4.99 Å². The van der Waals surface area contributed by atoms with Gasteiger partial charge in [0.1, 0.15) is 0 Å². The first-order valence-electron chi connectivity index (χ1n) is 5.46. The van der Waals surface area contributed by atoms with Gasteiger partial charge in [-0.15, -0.1) is 0 Å². The Hall–Kier alpha value is -2.09. The second kappa shape index (κ2) is 2.73. The van der Waals surface area contributed by atoms with Gasteiger partial charge in [0.25, 0.3) is 0 Å². The third-order valence-electron chi connectivity index (χ3n) is 3.29. The highest BCUT2D eigenvalue weighted by atomic mass is 15.1. The molecule has 0 bridgehead atoms. The second-order valence-corrected chi connectivity index (χ2v) is 4.20. The molecule has 76 valence electrons. The van der Waals surface area contributed by atoms with Crippen LogP contribution in [-0.4, -0.2) is 4.90 Å². The van der Waals surface area contributed by atoms with Gasteiger partial charge >= 0.3 is 0 Å². The van der Waals surface area contributed by atoms with E-state index in [0.717, 1.165) is 11.8 Å². The van der Waals surface area contributed by atoms with E-state index in [9.17, 15) is 0 Å². The van der Waals surface area contributed by atoms with Crippen LogP contribution in [0, 0.1) is 0 Å². The standard InChI is InChI=1S/C14H10N2/c1-3-10-9-11-4-2-7-16-8-6-15-12(5-1)13(10)14(11)16/h1-8H,9H2. The lowest BCUT2D eigenvalue weighted by atomic mass is 10.1. The Bertz CT molecular complexity index is 690. The van der Waals surface area contributed by atoms with Crippen LogP contribution in [0.15, 0.2) is 59.5 Å². The molecule has 0 radical (unpaired) electrons. The molecule has 4 rings (SSSR count). The predicted octanol–water partition coefficient (Wildman–Crippen LogP) is 1.21. The lowest BCUT2D eigenvalue weighted by Gasteiger charge is -2.20. The molecule has 0 atom stereocenters. The Morgan fingerprint density at radius 1 is 1.19 bits per heavy atom. The van der Waals surface area contributed by atoms with Crippen molar-refractivity contribution in [3.63, 3.8) is 0 Å². The summed E-state index contributed by atoms with van der Waals surface area (Å²) in [7, 11) is 0. The SMILES string of the molecule is C1=CN2C=CN=c3cccc4c3=C2C(=C1)C4. The van der Waals surface area contributed by atoms with Crippen molar-refractivity contribution in [1.29, 1.82) is 0 Å². The van der Waals surface area contributed by atoms with Crippen molar-refractivity contribution in [3.05, 3.63) is 70.7 Å². The van der Waals surface area contributed by atoms with Gasteiger partial charge in [0, 0.05) is 30.2 Å². The topological polar surface area (TPSA) is 15.6 Å². The molecule has 0 saturated carbocycles. The van der Waals surface area contributed by atoms with Crippen LogP contribution in [0.5, 0.6) is 0 Å². The minimum atomic E-state index is 1.03. The summed E-state index contributed by atoms with van der Waals surface area (Å²) < 4.78 is 0. The Morgan fingerprint density at radius 3 is 3.19 bits per heavy atom. The van der Waals surface area contributed by atoms with E-state index in [0.29, 0.717) is 0 Å². The molecule has 1 aromatic carbocycles. The largest absolute Gasteiger partial charge is 0.321 e. The molecule has 0 unspecified atom stereocenters. The fourth-order valence-corrected chi connectivity index (χ4v) is 2.63. The van der Waals surface area contributed by atoms with E-state index >= 15 is 0 Å². The molecule has 0 aromatic heterocycles. The van der Waals surface area contributed by atoms with Crippen molar-refractivity contribution in [3.8, 4) is 0 Å². The molecular formula is C14H10N2. The van der Waals surface area contributed by atoms with Crippen LogP contribution in [0.25, 0.3) is 5.70 Å². The predicted molar refractivity (Wildman–Crippen MR) is 62.5 cm³/mol. The number of hydrogen-bond acceptors (Lipinski definition) is 2. The van der Waals surface area contributed by atoms with E-state index in [1.54, 1.807) is 0 Å². The third-order valence-corrected chi connectivity index (χ3v) is 3.29. The van der Waals surface area contributed by atoms with Gasteiger partial charge in [-0.1, -0.05) is 18.2 Å². The number of benzene rings is 1. The molecule has 0 saturated heterocycles. The zero-order valence-corrected chi connectivity index (χ0v) is 8.72. The molecule has 2 nitrogen and oxygen atoms in total. The van der Waals surface area contributed by atoms with Crippen molar-refractivity contribution in [2.75, 3.05) is 0 Å². The fourth-order valence-electron chi connectivity index (χ4n) is 2.63. The Labute approximate surface area is 93.2 Å². The van der Waals surface area contributed by atoms with E-state index in [-0.39, 0.29) is 0 Å². The first-order chi connectivity index (χ1) is 7.93. The van der Waals surface area contributed by atoms with Gasteiger partial charge in [0.05, 0.1) is 11.1 Å². The average molecular weight is 206 g/mol. The van der Waals surface area contributed by atoms with E-state index in [1.165, 1.54) is 22.1 Å². The minimum Gasteiger partial charge on any atom is -0.321 e. The minimum absolute atomic E-state index is 1.03. The van der Waals surface area contributed by atoms with E-state index in [1.807, 2.05) is 12.4 Å². The van der Waals surface area contributed by atoms with Crippen molar-refractivity contribution in [1.82, 2.24) is 4.90 Å². The molecule has 0 spiro atoms. The zero-order valence-electron chi connectivity index (χ0n) is 8.72. The molecule has 16 heavy (non-hydrogen) atoms. The summed E-state index contributed by atoms with van der Waals surface area (Å²) in [6.07, 6.45) is 11.3. The first-order valence-corrected chi connectivity index (χ1v) is 5.46. The van der Waals surface area contributed by atoms with Gasteiger partial charge in [-0.2, -0.15) is 0 Å². The van der Waals surface area contributed by atoms with Crippen LogP contribution >= 0.6 is 0 Å². The molecule has 0 fully saturated rings. The highest BCUT2D eigenvalue weighted by Gasteiger charge is 2.23. The van der Waals surface area contributed by atoms with Crippen molar-refractivity contribution >= 4 is 5.70 Å². The molecule has 1 aliphatic carbocycles. The molecular weight excluding hydrogens is 196 g/mol. The van der Waals surface area contributed by atoms with Crippen LogP contribution in [0.4, 0.5) is 0 Å². The zero-order chi connectivity index (χ0) is 10.5. The summed E-state index contributed by atoms with van der Waals surface area (Å²) in [6, 6.07) is 6.37. The lowest BCUT2D eigenvalue weighted by molar-refractivity contribution is 0.711. The average Bonchev–Trinajstić information content (AvgIpc) is 2.57. The van der Waals surface area contributed by atoms with E-state index in [4.69, 9.17) is 0 Å². The second-order valence-electron chi connectivity index (χ2n) is 4.20. The highest BCUT2D eigenvalue weighted by molar-refractivity contribution is 5.72. The number of rotatable bonds is 0. The summed E-state index contributed by atoms with van der Waals surface area (Å²) in [4.78, 5) is 6.66. The summed E-state index contributed by atoms with van der Waals surface area (Å²) >= 11 is 0. The number of allylic oxidation sites excluding steroid dienone is 2. The maximum atomic E-state index is 4.49. The molecule has 2 aliphatic heterocycles. The van der Waals surface area contributed by atoms with Gasteiger partial charge in [0.2, 0.25) is 0 Å². The van der Waals surface area contributed by atoms with Gasteiger partial charge in [-0.05, 0) is 23.3 Å². The normalized spacial score (nSPS) is 19.1. The molecule has 2 heteroatoms. The number of hydrogen-bond donors (Lipinski definition) is 0. The summed E-state index contributed by atoms with van der Waals surface area (Å²) in [5.74, 6) is 0. The molecule has 0 N–H and O–H groups in total. The Kier molecular flexibility index (Phi) is 1.38. The number of nitrogens with zero attached hydrogens (tertiary/aromatic N) is 2. The van der Waals surface area contributed by atoms with Crippen LogP contribution < -0.4 is 10.6 Å². The van der Waals surface area contributed by atoms with Gasteiger partial charge in [-0.3, -0.25) is 4.99 Å². The molecule has 1 aromatic rings. The van der Waals surface area contributed by atoms with Gasteiger partial charge < -0.3 is 4.90 Å².